The molecule has 19 heterocycles. The lowest BCUT2D eigenvalue weighted by molar-refractivity contribution is 0.0599. The molecule has 3 aliphatic heterocycles. The molecule has 0 radical (unpaired) electrons. The molecular weight excluding hydrogens is 1930 g/mol. The van der Waals surface area contributed by atoms with E-state index in [-0.39, 0.29) is 65.0 Å². The Labute approximate surface area is 850 Å². The first kappa shape index (κ1) is 98.6. The standard InChI is InChI=1S/3C26H30N8O2S.C24H27N7O3S/c1-15(2)32-8-10-33(11-9-32)25(35)22-7-6-21(37-22)20-13-23(29-18-4-5-18)34-24(30-20)17(14-27-34)12-19-16(3)28-26(36)31-19;2*1-3-33-10-4-5-18(33)14-27-25(35)22-9-8-21(37-22)20-12-23(30-17-6-7-17)34-24(31-20)16(13-28-34)11-19-15(2)29-26(36)32-19;1-12(2)18(11-32)29-23(33)20-7-6-19(35-20)17-9-21(27-15-4-5-15)31-22(28-17)14(10-25-31)8-16-13(3)26-24(34)30-16/h6-7,12-15,18,29H,3-5,8-11H2,1-2H3,(H2,28,31,36);2*8-9,11-13,17-18,30H,2-7,10,14H2,1H3,(H,27,35)(H2,29,32,36);6-10,12,15,18,27,32H,3-5,11H2,1-2H3,(H,29,33)(H2,26,30,34)/b19-12-;2*19-11-;16-8-/t;18-;;18-/m.0.0/s1. The molecule has 3 saturated heterocycles. The Morgan fingerprint density at radius 3 is 0.986 bits per heavy atom. The van der Waals surface area contributed by atoms with Crippen LogP contribution in [-0.4, -0.2) is 267 Å². The normalized spacial score (nSPS) is 17.4. The summed E-state index contributed by atoms with van der Waals surface area (Å²) in [6, 6.07) is 25.7. The quantitative estimate of drug-likeness (QED) is 0.0264. The summed E-state index contributed by atoms with van der Waals surface area (Å²) < 4.78 is 7.10. The van der Waals surface area contributed by atoms with E-state index in [2.05, 4.69) is 166 Å². The maximum atomic E-state index is 13.2. The molecule has 146 heavy (non-hydrogen) atoms. The highest BCUT2D eigenvalue weighted by Crippen LogP contribution is 2.39. The highest BCUT2D eigenvalue weighted by atomic mass is 32.1. The number of likely N-dealkylation sites (tertiary alicyclic amines) is 2. The van der Waals surface area contributed by atoms with Crippen LogP contribution in [0.3, 0.4) is 0 Å². The van der Waals surface area contributed by atoms with Crippen molar-refractivity contribution in [2.45, 2.75) is 167 Å². The topological polar surface area (TPSA) is 501 Å². The highest BCUT2D eigenvalue weighted by molar-refractivity contribution is 7.18. The molecule has 16 aromatic heterocycles. The summed E-state index contributed by atoms with van der Waals surface area (Å²) in [6.07, 6.45) is 27.7. The van der Waals surface area contributed by atoms with Gasteiger partial charge in [-0.3, -0.25) is 33.9 Å². The first-order chi connectivity index (χ1) is 70.6. The lowest BCUT2D eigenvalue weighted by Crippen LogP contribution is -2.50. The second-order valence-corrected chi connectivity index (χ2v) is 42.8. The van der Waals surface area contributed by atoms with Crippen LogP contribution >= 0.6 is 45.3 Å². The van der Waals surface area contributed by atoms with Gasteiger partial charge < -0.3 is 87.1 Å². The van der Waals surface area contributed by atoms with Crippen LogP contribution in [0.15, 0.2) is 117 Å². The Hall–Kier alpha value is -14.8. The molecule has 0 spiro atoms. The van der Waals surface area contributed by atoms with Gasteiger partial charge in [0.25, 0.3) is 23.6 Å². The van der Waals surface area contributed by atoms with E-state index in [4.69, 9.17) is 19.9 Å². The molecule has 7 fully saturated rings. The van der Waals surface area contributed by atoms with Crippen LogP contribution in [0.1, 0.15) is 180 Å². The number of aromatic nitrogens is 20. The molecule has 4 aliphatic carbocycles. The van der Waals surface area contributed by atoms with Crippen molar-refractivity contribution in [1.29, 1.82) is 0 Å². The SMILES string of the molecule is C=c1[nH]c(=O)[nH]/c1=C\c1cnn2c(NC3CC3)cc(-c3ccc(C(=O)N4CCN(C(C)C)CC4)s3)nc12.C=c1[nH]c(=O)[nH]/c1=C\c1cnn2c(NC3CC3)cc(-c3ccc(C(=O)NCC4CCCN4CC)s3)nc12.C=c1[nH]c(=O)[nH]/c1=C\c1cnn2c(NC3CC3)cc(-c3ccc(C(=O)NC[C@@H]4CCCN4CC)s3)nc12.C=c1[nH]c(=O)[nH]/c1=C\c1cnn2c(NC3CC3)cc(-c3ccc(C(=O)N[C@@H](CO)C(C)C)s3)nc12. The van der Waals surface area contributed by atoms with Crippen LogP contribution < -0.4 is 103 Å². The second kappa shape index (κ2) is 42.5. The summed E-state index contributed by atoms with van der Waals surface area (Å²) in [7, 11) is 0. The molecular formula is C102H117N31O9S4. The molecule has 23 rings (SSSR count). The van der Waals surface area contributed by atoms with Crippen LogP contribution in [0.2, 0.25) is 0 Å². The predicted molar refractivity (Wildman–Crippen MR) is 572 cm³/mol. The summed E-state index contributed by atoms with van der Waals surface area (Å²) >= 11 is 5.68. The van der Waals surface area contributed by atoms with Gasteiger partial charge in [0.15, 0.2) is 22.6 Å². The third-order valence-electron chi connectivity index (χ3n) is 27.0. The van der Waals surface area contributed by atoms with E-state index in [1.165, 1.54) is 58.2 Å². The van der Waals surface area contributed by atoms with Crippen LogP contribution in [0.4, 0.5) is 23.3 Å². The number of aliphatic hydroxyl groups excluding tert-OH is 1. The Morgan fingerprint density at radius 2 is 0.712 bits per heavy atom. The van der Waals surface area contributed by atoms with Crippen molar-refractivity contribution in [3.63, 3.8) is 0 Å². The van der Waals surface area contributed by atoms with Gasteiger partial charge in [-0.15, -0.1) is 45.3 Å². The number of aromatic amines is 8. The maximum Gasteiger partial charge on any atom is 0.323 e. The smallest absolute Gasteiger partial charge is 0.323 e. The molecule has 0 aromatic carbocycles. The van der Waals surface area contributed by atoms with E-state index < -0.39 is 0 Å². The van der Waals surface area contributed by atoms with E-state index >= 15 is 0 Å². The number of carbonyl (C=O) groups excluding carboxylic acids is 4. The zero-order valence-corrected chi connectivity index (χ0v) is 85.1. The minimum absolute atomic E-state index is 0.0469. The number of fused-ring (bicyclic) bond motifs is 4. The van der Waals surface area contributed by atoms with E-state index in [1.54, 1.807) is 55.0 Å². The minimum atomic E-state index is -0.326. The molecule has 16 N–H and O–H groups in total. The highest BCUT2D eigenvalue weighted by Gasteiger charge is 2.33. The van der Waals surface area contributed by atoms with Gasteiger partial charge in [-0.05, 0) is 196 Å². The first-order valence-electron chi connectivity index (χ1n) is 49.6. The average molecular weight is 2050 g/mol. The maximum absolute atomic E-state index is 13.2. The predicted octanol–water partition coefficient (Wildman–Crippen LogP) is 5.49. The van der Waals surface area contributed by atoms with Gasteiger partial charge in [0, 0.05) is 128 Å². The molecule has 4 amide bonds. The second-order valence-electron chi connectivity index (χ2n) is 38.4. The number of aliphatic hydroxyl groups is 1. The number of piperazine rings is 1. The number of anilines is 4. The lowest BCUT2D eigenvalue weighted by atomic mass is 10.1. The van der Waals surface area contributed by atoms with Gasteiger partial charge in [0.1, 0.15) is 23.3 Å². The Kier molecular flexibility index (Phi) is 28.7. The first-order valence-corrected chi connectivity index (χ1v) is 52.9. The molecule has 40 nitrogen and oxygen atoms in total. The Balaban J connectivity index is 0.000000118. The largest absolute Gasteiger partial charge is 0.394 e. The van der Waals surface area contributed by atoms with Crippen molar-refractivity contribution in [3.05, 3.63) is 224 Å². The summed E-state index contributed by atoms with van der Waals surface area (Å²) in [5.41, 5.74) is 7.35. The zero-order chi connectivity index (χ0) is 101. The Bertz CT molecular complexity index is 8130. The molecule has 44 heteroatoms. The molecule has 7 aliphatic rings. The fourth-order valence-corrected chi connectivity index (χ4v) is 21.7. The van der Waals surface area contributed by atoms with Gasteiger partial charge in [-0.1, -0.05) is 54.0 Å². The fraction of sp³-hybridized carbons (Fsp3) is 0.373. The molecule has 758 valence electrons. The number of hydrogen-bond acceptors (Lipinski definition) is 28. The van der Waals surface area contributed by atoms with Crippen LogP contribution in [0.5, 0.6) is 0 Å². The number of thiophene rings is 4. The third kappa shape index (κ3) is 22.5. The van der Waals surface area contributed by atoms with Gasteiger partial charge in [-0.2, -0.15) is 38.5 Å². The number of H-pyrrole nitrogens is 8. The van der Waals surface area contributed by atoms with Crippen molar-refractivity contribution in [1.82, 2.24) is 134 Å². The number of likely N-dealkylation sites (N-methyl/N-ethyl adjacent to an activating group) is 2. The van der Waals surface area contributed by atoms with Gasteiger partial charge in [-0.25, -0.2) is 39.1 Å². The van der Waals surface area contributed by atoms with Crippen molar-refractivity contribution in [2.75, 3.05) is 93.3 Å². The van der Waals surface area contributed by atoms with Crippen molar-refractivity contribution >= 4 is 165 Å². The molecule has 0 bridgehead atoms. The summed E-state index contributed by atoms with van der Waals surface area (Å²) in [5, 5.41) is 55.3. The van der Waals surface area contributed by atoms with Crippen molar-refractivity contribution in [3.8, 4) is 42.3 Å². The molecule has 1 unspecified atom stereocenters. The zero-order valence-electron chi connectivity index (χ0n) is 81.8. The van der Waals surface area contributed by atoms with Gasteiger partial charge in [0.05, 0.1) is 142 Å². The monoisotopic (exact) mass is 2050 g/mol. The van der Waals surface area contributed by atoms with Crippen molar-refractivity contribution in [2.24, 2.45) is 5.92 Å². The van der Waals surface area contributed by atoms with Crippen LogP contribution in [0, 0.1) is 5.92 Å². The van der Waals surface area contributed by atoms with E-state index in [1.807, 2.05) is 104 Å². The lowest BCUT2D eigenvalue weighted by Gasteiger charge is -2.36. The molecule has 4 saturated carbocycles. The minimum Gasteiger partial charge on any atom is -0.394 e. The summed E-state index contributed by atoms with van der Waals surface area (Å²) in [6.45, 7) is 36.9. The number of carbonyl (C=O) groups is 4. The van der Waals surface area contributed by atoms with Gasteiger partial charge in [0.2, 0.25) is 0 Å². The van der Waals surface area contributed by atoms with Crippen LogP contribution in [0.25, 0.3) is 115 Å². The number of nitrogens with zero attached hydrogens (tertiary/aromatic N) is 16. The number of rotatable bonds is 30. The number of amides is 4. The summed E-state index contributed by atoms with van der Waals surface area (Å²) in [5.74, 6) is 3.24. The number of nitrogens with one attached hydrogen (secondary N) is 15. The van der Waals surface area contributed by atoms with Crippen LogP contribution in [-0.2, 0) is 0 Å². The van der Waals surface area contributed by atoms with E-state index in [0.29, 0.717) is 141 Å². The Morgan fingerprint density at radius 1 is 0.411 bits per heavy atom. The third-order valence-corrected chi connectivity index (χ3v) is 31.5. The summed E-state index contributed by atoms with van der Waals surface area (Å²) in [4.78, 5) is 155. The van der Waals surface area contributed by atoms with E-state index in [0.717, 1.165) is 204 Å². The number of imidazole rings is 4. The number of hydrogen-bond donors (Lipinski definition) is 16. The fourth-order valence-electron chi connectivity index (χ4n) is 18.2. The molecule has 3 atom stereocenters. The van der Waals surface area contributed by atoms with Crippen molar-refractivity contribution < 1.29 is 24.3 Å². The average Bonchev–Trinajstić information content (AvgIpc) is 1.63. The molecule has 16 aromatic rings. The van der Waals surface area contributed by atoms with Gasteiger partial charge >= 0.3 is 22.8 Å². The van der Waals surface area contributed by atoms with E-state index in [9.17, 15) is 43.5 Å².